The lowest BCUT2D eigenvalue weighted by Gasteiger charge is -2.11. The van der Waals surface area contributed by atoms with Crippen LogP contribution >= 0.6 is 0 Å². The summed E-state index contributed by atoms with van der Waals surface area (Å²) in [5, 5.41) is 5.54. The number of hydrogen-bond acceptors (Lipinski definition) is 2. The molecule has 1 heterocycles. The monoisotopic (exact) mass is 261 g/mol. The van der Waals surface area contributed by atoms with Crippen molar-refractivity contribution in [3.8, 4) is 0 Å². The van der Waals surface area contributed by atoms with E-state index in [9.17, 15) is 18.0 Å². The van der Waals surface area contributed by atoms with Gasteiger partial charge in [0.1, 0.15) is 12.2 Å². The first-order valence-electron chi connectivity index (χ1n) is 4.95. The fourth-order valence-electron chi connectivity index (χ4n) is 1.31. The molecule has 98 valence electrons. The van der Waals surface area contributed by atoms with Crippen LogP contribution in [0.4, 0.5) is 13.2 Å². The molecule has 0 spiro atoms. The third kappa shape index (κ3) is 4.38. The van der Waals surface area contributed by atoms with Crippen LogP contribution in [0.1, 0.15) is 10.5 Å². The number of carbonyl (C=O) groups excluding carboxylic acids is 1. The van der Waals surface area contributed by atoms with Gasteiger partial charge in [-0.05, 0) is 17.7 Å². The molecule has 0 aromatic carbocycles. The highest BCUT2D eigenvalue weighted by Gasteiger charge is 2.29. The average molecular weight is 261 g/mol. The number of halogens is 3. The number of hydrogen-bond donors (Lipinski definition) is 1. The van der Waals surface area contributed by atoms with E-state index >= 15 is 0 Å². The van der Waals surface area contributed by atoms with Gasteiger partial charge in [-0.1, -0.05) is 5.11 Å². The van der Waals surface area contributed by atoms with Gasteiger partial charge in [0.25, 0.3) is 5.91 Å². The standard InChI is InChI=1S/C9H10F3N5O/c10-9(11,12)6-17-5-1-2-7(17)8(18)14-3-4-15-16-13/h1-2,5H,3-4,6H2,(H,14,18). The molecule has 0 saturated heterocycles. The van der Waals surface area contributed by atoms with Crippen molar-refractivity contribution in [1.82, 2.24) is 9.88 Å². The molecule has 0 bridgehead atoms. The molecular weight excluding hydrogens is 251 g/mol. The van der Waals surface area contributed by atoms with Crippen LogP contribution in [0.5, 0.6) is 0 Å². The first kappa shape index (κ1) is 13.9. The quantitative estimate of drug-likeness (QED) is 0.374. The van der Waals surface area contributed by atoms with Crippen molar-refractivity contribution >= 4 is 5.91 Å². The predicted octanol–water partition coefficient (Wildman–Crippen LogP) is 2.09. The second kappa shape index (κ2) is 5.97. The highest BCUT2D eigenvalue weighted by atomic mass is 19.4. The summed E-state index contributed by atoms with van der Waals surface area (Å²) in [4.78, 5) is 14.0. The molecule has 0 fully saturated rings. The molecule has 0 radical (unpaired) electrons. The Morgan fingerprint density at radius 1 is 1.56 bits per heavy atom. The molecule has 9 heteroatoms. The van der Waals surface area contributed by atoms with Crippen LogP contribution in [0.25, 0.3) is 10.4 Å². The lowest BCUT2D eigenvalue weighted by molar-refractivity contribution is -0.140. The first-order valence-corrected chi connectivity index (χ1v) is 4.95. The second-order valence-corrected chi connectivity index (χ2v) is 3.35. The molecule has 0 aliphatic heterocycles. The highest BCUT2D eigenvalue weighted by Crippen LogP contribution is 2.18. The van der Waals surface area contributed by atoms with Crippen LogP contribution in [-0.2, 0) is 6.54 Å². The minimum absolute atomic E-state index is 0.0439. The number of carbonyl (C=O) groups is 1. The number of nitrogens with zero attached hydrogens (tertiary/aromatic N) is 4. The van der Waals surface area contributed by atoms with Crippen molar-refractivity contribution in [3.05, 3.63) is 34.5 Å². The van der Waals surface area contributed by atoms with Crippen LogP contribution in [0.3, 0.4) is 0 Å². The molecule has 1 amide bonds. The number of rotatable bonds is 5. The van der Waals surface area contributed by atoms with Crippen molar-refractivity contribution in [2.45, 2.75) is 12.7 Å². The Morgan fingerprint density at radius 2 is 2.28 bits per heavy atom. The van der Waals surface area contributed by atoms with E-state index in [1.165, 1.54) is 18.3 Å². The molecule has 0 saturated carbocycles. The number of amides is 1. The Hall–Kier alpha value is -2.15. The zero-order valence-corrected chi connectivity index (χ0v) is 9.18. The molecular formula is C9H10F3N5O. The van der Waals surface area contributed by atoms with Crippen molar-refractivity contribution in [2.75, 3.05) is 13.1 Å². The molecule has 18 heavy (non-hydrogen) atoms. The number of alkyl halides is 3. The van der Waals surface area contributed by atoms with E-state index in [0.29, 0.717) is 0 Å². The third-order valence-electron chi connectivity index (χ3n) is 1.97. The number of nitrogens with one attached hydrogen (secondary N) is 1. The molecule has 0 unspecified atom stereocenters. The summed E-state index contributed by atoms with van der Waals surface area (Å²) in [6.45, 7) is -1.11. The van der Waals surface area contributed by atoms with Gasteiger partial charge in [-0.3, -0.25) is 4.79 Å². The van der Waals surface area contributed by atoms with Crippen molar-refractivity contribution in [1.29, 1.82) is 0 Å². The van der Waals surface area contributed by atoms with E-state index in [2.05, 4.69) is 15.3 Å². The first-order chi connectivity index (χ1) is 8.44. The van der Waals surface area contributed by atoms with Gasteiger partial charge in [-0.2, -0.15) is 13.2 Å². The average Bonchev–Trinajstić information content (AvgIpc) is 2.69. The van der Waals surface area contributed by atoms with Crippen LogP contribution in [0.15, 0.2) is 23.4 Å². The van der Waals surface area contributed by atoms with Crippen LogP contribution < -0.4 is 5.32 Å². The number of azide groups is 1. The summed E-state index contributed by atoms with van der Waals surface area (Å²) < 4.78 is 37.4. The Labute approximate surface area is 100 Å². The molecule has 0 aliphatic carbocycles. The lowest BCUT2D eigenvalue weighted by atomic mass is 10.4. The molecule has 1 aromatic heterocycles. The Balaban J connectivity index is 2.63. The van der Waals surface area contributed by atoms with E-state index in [0.717, 1.165) is 4.57 Å². The summed E-state index contributed by atoms with van der Waals surface area (Å²) in [5.41, 5.74) is 7.91. The largest absolute Gasteiger partial charge is 0.406 e. The Kier molecular flexibility index (Phi) is 4.61. The van der Waals surface area contributed by atoms with E-state index < -0.39 is 18.6 Å². The van der Waals surface area contributed by atoms with Gasteiger partial charge >= 0.3 is 6.18 Å². The van der Waals surface area contributed by atoms with Crippen molar-refractivity contribution < 1.29 is 18.0 Å². The minimum Gasteiger partial charge on any atom is -0.351 e. The SMILES string of the molecule is [N-]=[N+]=NCCNC(=O)c1cccn1CC(F)(F)F. The van der Waals surface area contributed by atoms with Gasteiger partial charge in [0.15, 0.2) is 0 Å². The maximum atomic E-state index is 12.2. The smallest absolute Gasteiger partial charge is 0.351 e. The van der Waals surface area contributed by atoms with E-state index in [1.54, 1.807) is 0 Å². The normalized spacial score (nSPS) is 10.8. The molecule has 0 aliphatic rings. The van der Waals surface area contributed by atoms with Gasteiger partial charge in [0.2, 0.25) is 0 Å². The van der Waals surface area contributed by atoms with Gasteiger partial charge in [-0.25, -0.2) is 0 Å². The van der Waals surface area contributed by atoms with Gasteiger partial charge in [0, 0.05) is 24.2 Å². The summed E-state index contributed by atoms with van der Waals surface area (Å²) in [6.07, 6.45) is -3.21. The van der Waals surface area contributed by atoms with Gasteiger partial charge < -0.3 is 9.88 Å². The zero-order valence-electron chi connectivity index (χ0n) is 9.18. The Morgan fingerprint density at radius 3 is 2.89 bits per heavy atom. The topological polar surface area (TPSA) is 82.8 Å². The van der Waals surface area contributed by atoms with Crippen LogP contribution in [0.2, 0.25) is 0 Å². The van der Waals surface area contributed by atoms with Gasteiger partial charge in [-0.15, -0.1) is 0 Å². The lowest BCUT2D eigenvalue weighted by Crippen LogP contribution is -2.29. The van der Waals surface area contributed by atoms with Crippen molar-refractivity contribution in [2.24, 2.45) is 5.11 Å². The Bertz CT molecular complexity index is 461. The van der Waals surface area contributed by atoms with E-state index in [1.807, 2.05) is 0 Å². The number of aromatic nitrogens is 1. The van der Waals surface area contributed by atoms with E-state index in [-0.39, 0.29) is 18.8 Å². The fourth-order valence-corrected chi connectivity index (χ4v) is 1.31. The molecule has 1 rings (SSSR count). The summed E-state index contributed by atoms with van der Waals surface area (Å²) in [6, 6.07) is 2.64. The molecule has 1 N–H and O–H groups in total. The van der Waals surface area contributed by atoms with Crippen molar-refractivity contribution in [3.63, 3.8) is 0 Å². The maximum Gasteiger partial charge on any atom is 0.406 e. The molecule has 6 nitrogen and oxygen atoms in total. The maximum absolute atomic E-state index is 12.2. The molecule has 0 atom stereocenters. The minimum atomic E-state index is -4.39. The zero-order chi connectivity index (χ0) is 13.6. The summed E-state index contributed by atoms with van der Waals surface area (Å²) >= 11 is 0. The third-order valence-corrected chi connectivity index (χ3v) is 1.97. The van der Waals surface area contributed by atoms with Gasteiger partial charge in [0.05, 0.1) is 0 Å². The van der Waals surface area contributed by atoms with Crippen LogP contribution in [-0.4, -0.2) is 29.7 Å². The highest BCUT2D eigenvalue weighted by molar-refractivity contribution is 5.92. The molecule has 1 aromatic rings. The predicted molar refractivity (Wildman–Crippen MR) is 56.8 cm³/mol. The summed E-state index contributed by atoms with van der Waals surface area (Å²) in [7, 11) is 0. The van der Waals surface area contributed by atoms with Crippen LogP contribution in [0, 0.1) is 0 Å². The summed E-state index contributed by atoms with van der Waals surface area (Å²) in [5.74, 6) is -0.641. The van der Waals surface area contributed by atoms with E-state index in [4.69, 9.17) is 5.53 Å². The second-order valence-electron chi connectivity index (χ2n) is 3.35. The fraction of sp³-hybridized carbons (Fsp3) is 0.444.